The second kappa shape index (κ2) is 6.39. The molecular weight excluding hydrogens is 212 g/mol. The molecule has 1 saturated carbocycles. The zero-order valence-electron chi connectivity index (χ0n) is 10.9. The van der Waals surface area contributed by atoms with Crippen molar-refractivity contribution in [3.8, 4) is 0 Å². The summed E-state index contributed by atoms with van der Waals surface area (Å²) in [7, 11) is 0. The van der Waals surface area contributed by atoms with E-state index in [1.807, 2.05) is 4.90 Å². The largest absolute Gasteiger partial charge is 0.341 e. The van der Waals surface area contributed by atoms with Gasteiger partial charge in [0.1, 0.15) is 0 Å². The molecule has 1 amide bonds. The number of hydrogen-bond donors (Lipinski definition) is 1. The third-order valence-electron chi connectivity index (χ3n) is 4.30. The van der Waals surface area contributed by atoms with Gasteiger partial charge < -0.3 is 10.6 Å². The topological polar surface area (TPSA) is 46.3 Å². The molecule has 2 fully saturated rings. The van der Waals surface area contributed by atoms with Crippen molar-refractivity contribution in [1.82, 2.24) is 4.90 Å². The molecule has 0 spiro atoms. The van der Waals surface area contributed by atoms with E-state index in [-0.39, 0.29) is 11.9 Å². The fourth-order valence-corrected chi connectivity index (χ4v) is 3.23. The Morgan fingerprint density at radius 1 is 1.06 bits per heavy atom. The number of piperidine rings is 1. The molecule has 2 rings (SSSR count). The van der Waals surface area contributed by atoms with Gasteiger partial charge in [0.05, 0.1) is 6.04 Å². The van der Waals surface area contributed by atoms with E-state index in [4.69, 9.17) is 5.73 Å². The average Bonchev–Trinajstić information content (AvgIpc) is 2.40. The molecule has 0 bridgehead atoms. The number of nitrogens with two attached hydrogens (primary N) is 1. The Morgan fingerprint density at radius 2 is 1.65 bits per heavy atom. The Hall–Kier alpha value is -0.570. The van der Waals surface area contributed by atoms with Crippen molar-refractivity contribution in [1.29, 1.82) is 0 Å². The molecule has 1 aliphatic heterocycles. The highest BCUT2D eigenvalue weighted by Gasteiger charge is 2.25. The standard InChI is InChI=1S/C14H26N2O/c15-13(11-12-7-3-1-4-8-12)14(17)16-9-5-2-6-10-16/h12-13H,1-11,15H2. The first-order valence-corrected chi connectivity index (χ1v) is 7.32. The highest BCUT2D eigenvalue weighted by Crippen LogP contribution is 2.27. The SMILES string of the molecule is NC(CC1CCCCC1)C(=O)N1CCCCC1. The van der Waals surface area contributed by atoms with Gasteiger partial charge in [-0.05, 0) is 31.6 Å². The molecule has 0 radical (unpaired) electrons. The van der Waals surface area contributed by atoms with E-state index in [0.29, 0.717) is 5.92 Å². The normalized spacial score (nSPS) is 24.6. The number of likely N-dealkylation sites (tertiary alicyclic amines) is 1. The van der Waals surface area contributed by atoms with E-state index in [0.717, 1.165) is 32.4 Å². The fourth-order valence-electron chi connectivity index (χ4n) is 3.23. The Balaban J connectivity index is 1.77. The van der Waals surface area contributed by atoms with Crippen LogP contribution in [0, 0.1) is 5.92 Å². The van der Waals surface area contributed by atoms with E-state index < -0.39 is 0 Å². The lowest BCUT2D eigenvalue weighted by atomic mass is 9.84. The number of nitrogens with zero attached hydrogens (tertiary/aromatic N) is 1. The second-order valence-electron chi connectivity index (χ2n) is 5.73. The minimum atomic E-state index is -0.240. The lowest BCUT2D eigenvalue weighted by Crippen LogP contribution is -2.46. The molecule has 2 N–H and O–H groups in total. The molecular formula is C14H26N2O. The Bertz CT molecular complexity index is 243. The van der Waals surface area contributed by atoms with Crippen LogP contribution >= 0.6 is 0 Å². The first-order valence-electron chi connectivity index (χ1n) is 7.32. The van der Waals surface area contributed by atoms with Gasteiger partial charge in [0, 0.05) is 13.1 Å². The van der Waals surface area contributed by atoms with Crippen molar-refractivity contribution in [3.63, 3.8) is 0 Å². The lowest BCUT2D eigenvalue weighted by Gasteiger charge is -2.31. The monoisotopic (exact) mass is 238 g/mol. The first kappa shape index (κ1) is 12.9. The van der Waals surface area contributed by atoms with Crippen LogP contribution in [0.1, 0.15) is 57.8 Å². The third kappa shape index (κ3) is 3.70. The molecule has 1 heterocycles. The summed E-state index contributed by atoms with van der Waals surface area (Å²) in [5, 5.41) is 0. The van der Waals surface area contributed by atoms with Crippen molar-refractivity contribution in [2.45, 2.75) is 63.8 Å². The maximum absolute atomic E-state index is 12.2. The number of rotatable bonds is 3. The summed E-state index contributed by atoms with van der Waals surface area (Å²) in [5.41, 5.74) is 6.09. The van der Waals surface area contributed by atoms with Crippen LogP contribution in [0.2, 0.25) is 0 Å². The molecule has 17 heavy (non-hydrogen) atoms. The number of carbonyl (C=O) groups is 1. The zero-order chi connectivity index (χ0) is 12.1. The van der Waals surface area contributed by atoms with E-state index in [2.05, 4.69) is 0 Å². The summed E-state index contributed by atoms with van der Waals surface area (Å²) in [5.74, 6) is 0.905. The van der Waals surface area contributed by atoms with Crippen LogP contribution in [0.3, 0.4) is 0 Å². The van der Waals surface area contributed by atoms with E-state index in [9.17, 15) is 4.79 Å². The molecule has 3 nitrogen and oxygen atoms in total. The van der Waals surface area contributed by atoms with Crippen LogP contribution in [0.15, 0.2) is 0 Å². The smallest absolute Gasteiger partial charge is 0.239 e. The van der Waals surface area contributed by atoms with Gasteiger partial charge in [0.25, 0.3) is 0 Å². The van der Waals surface area contributed by atoms with Gasteiger partial charge in [0.15, 0.2) is 0 Å². The van der Waals surface area contributed by atoms with Gasteiger partial charge in [-0.1, -0.05) is 32.1 Å². The van der Waals surface area contributed by atoms with Crippen LogP contribution < -0.4 is 5.73 Å². The van der Waals surface area contributed by atoms with Crippen molar-refractivity contribution in [2.24, 2.45) is 11.7 Å². The predicted octanol–water partition coefficient (Wildman–Crippen LogP) is 2.30. The van der Waals surface area contributed by atoms with E-state index >= 15 is 0 Å². The summed E-state index contributed by atoms with van der Waals surface area (Å²) in [6.45, 7) is 1.86. The van der Waals surface area contributed by atoms with E-state index in [1.54, 1.807) is 0 Å². The molecule has 0 aromatic heterocycles. The Kier molecular flexibility index (Phi) is 4.84. The summed E-state index contributed by atoms with van der Waals surface area (Å²) in [6, 6.07) is -0.240. The van der Waals surface area contributed by atoms with Gasteiger partial charge in [-0.3, -0.25) is 4.79 Å². The van der Waals surface area contributed by atoms with Gasteiger partial charge in [-0.25, -0.2) is 0 Å². The Morgan fingerprint density at radius 3 is 2.29 bits per heavy atom. The molecule has 0 aromatic rings. The Labute approximate surface area is 105 Å². The zero-order valence-corrected chi connectivity index (χ0v) is 10.9. The number of amides is 1. The summed E-state index contributed by atoms with van der Waals surface area (Å²) in [6.07, 6.45) is 11.1. The van der Waals surface area contributed by atoms with Crippen LogP contribution in [-0.2, 0) is 4.79 Å². The molecule has 3 heteroatoms. The summed E-state index contributed by atoms with van der Waals surface area (Å²) < 4.78 is 0. The summed E-state index contributed by atoms with van der Waals surface area (Å²) in [4.78, 5) is 14.2. The quantitative estimate of drug-likeness (QED) is 0.820. The molecule has 1 atom stereocenters. The maximum atomic E-state index is 12.2. The molecule has 1 saturated heterocycles. The second-order valence-corrected chi connectivity index (χ2v) is 5.73. The van der Waals surface area contributed by atoms with Crippen LogP contribution in [0.4, 0.5) is 0 Å². The highest BCUT2D eigenvalue weighted by molar-refractivity contribution is 5.81. The van der Waals surface area contributed by atoms with Gasteiger partial charge >= 0.3 is 0 Å². The van der Waals surface area contributed by atoms with Crippen LogP contribution in [0.5, 0.6) is 0 Å². The molecule has 1 aliphatic carbocycles. The fraction of sp³-hybridized carbons (Fsp3) is 0.929. The first-order chi connectivity index (χ1) is 8.27. The molecule has 98 valence electrons. The lowest BCUT2D eigenvalue weighted by molar-refractivity contribution is -0.133. The van der Waals surface area contributed by atoms with E-state index in [1.165, 1.54) is 38.5 Å². The third-order valence-corrected chi connectivity index (χ3v) is 4.30. The van der Waals surface area contributed by atoms with Crippen LogP contribution in [-0.4, -0.2) is 29.9 Å². The predicted molar refractivity (Wildman–Crippen MR) is 69.6 cm³/mol. The number of hydrogen-bond acceptors (Lipinski definition) is 2. The average molecular weight is 238 g/mol. The summed E-state index contributed by atoms with van der Waals surface area (Å²) >= 11 is 0. The van der Waals surface area contributed by atoms with Gasteiger partial charge in [-0.15, -0.1) is 0 Å². The van der Waals surface area contributed by atoms with Gasteiger partial charge in [0.2, 0.25) is 5.91 Å². The van der Waals surface area contributed by atoms with Crippen molar-refractivity contribution < 1.29 is 4.79 Å². The van der Waals surface area contributed by atoms with Crippen molar-refractivity contribution >= 4 is 5.91 Å². The molecule has 1 unspecified atom stereocenters. The van der Waals surface area contributed by atoms with Crippen molar-refractivity contribution in [2.75, 3.05) is 13.1 Å². The number of carbonyl (C=O) groups excluding carboxylic acids is 1. The van der Waals surface area contributed by atoms with Gasteiger partial charge in [-0.2, -0.15) is 0 Å². The van der Waals surface area contributed by atoms with Crippen LogP contribution in [0.25, 0.3) is 0 Å². The van der Waals surface area contributed by atoms with Crippen molar-refractivity contribution in [3.05, 3.63) is 0 Å². The minimum Gasteiger partial charge on any atom is -0.341 e. The highest BCUT2D eigenvalue weighted by atomic mass is 16.2. The maximum Gasteiger partial charge on any atom is 0.239 e. The minimum absolute atomic E-state index is 0.204. The molecule has 2 aliphatic rings. The molecule has 0 aromatic carbocycles.